The van der Waals surface area contributed by atoms with Crippen LogP contribution in [0, 0.1) is 6.92 Å². The van der Waals surface area contributed by atoms with Crippen LogP contribution in [0.15, 0.2) is 34.9 Å². The van der Waals surface area contributed by atoms with Gasteiger partial charge in [-0.2, -0.15) is 0 Å². The minimum atomic E-state index is -0.318. The van der Waals surface area contributed by atoms with E-state index in [1.807, 2.05) is 12.1 Å². The number of anilines is 1. The Hall–Kier alpha value is -2.63. The summed E-state index contributed by atoms with van der Waals surface area (Å²) in [6, 6.07) is 8.91. The second-order valence-corrected chi connectivity index (χ2v) is 5.00. The van der Waals surface area contributed by atoms with Crippen molar-refractivity contribution in [3.63, 3.8) is 0 Å². The lowest BCUT2D eigenvalue weighted by Gasteiger charge is -2.23. The van der Waals surface area contributed by atoms with E-state index in [0.29, 0.717) is 17.3 Å². The van der Waals surface area contributed by atoms with Crippen LogP contribution in [0.5, 0.6) is 5.75 Å². The summed E-state index contributed by atoms with van der Waals surface area (Å²) < 4.78 is 10.1. The van der Waals surface area contributed by atoms with E-state index in [1.54, 1.807) is 25.1 Å². The van der Waals surface area contributed by atoms with E-state index in [0.717, 1.165) is 5.56 Å². The highest BCUT2D eigenvalue weighted by Gasteiger charge is 2.28. The number of nitrogens with zero attached hydrogens (tertiary/aromatic N) is 1. The Bertz CT molecular complexity index is 692. The Balaban J connectivity index is 1.72. The highest BCUT2D eigenvalue weighted by molar-refractivity contribution is 5.91. The number of hydrogen-bond donors (Lipinski definition) is 1. The molecule has 3 rings (SSSR count). The van der Waals surface area contributed by atoms with Gasteiger partial charge in [-0.25, -0.2) is 0 Å². The number of benzene rings is 1. The molecule has 1 aromatic carbocycles. The molecule has 2 aromatic rings. The van der Waals surface area contributed by atoms with E-state index in [1.165, 1.54) is 0 Å². The Morgan fingerprint density at radius 1 is 1.43 bits per heavy atom. The molecule has 6 nitrogen and oxygen atoms in total. The summed E-state index contributed by atoms with van der Waals surface area (Å²) in [6.45, 7) is 1.77. The maximum absolute atomic E-state index is 12.1. The third-order valence-electron chi connectivity index (χ3n) is 3.32. The Morgan fingerprint density at radius 2 is 2.24 bits per heavy atom. The van der Waals surface area contributed by atoms with Gasteiger partial charge >= 0.3 is 5.97 Å². The zero-order valence-electron chi connectivity index (χ0n) is 11.5. The first-order valence-electron chi connectivity index (χ1n) is 6.64. The first-order chi connectivity index (χ1) is 10.1. The van der Waals surface area contributed by atoms with Gasteiger partial charge in [-0.15, -0.1) is 0 Å². The SMILES string of the molecule is Cc1cc(NC(=O)C[C@@H]2CC(=O)Oc3ccccc32)on1. The van der Waals surface area contributed by atoms with E-state index in [9.17, 15) is 9.59 Å². The smallest absolute Gasteiger partial charge is 0.311 e. The van der Waals surface area contributed by atoms with Crippen molar-refractivity contribution in [3.05, 3.63) is 41.6 Å². The van der Waals surface area contributed by atoms with E-state index >= 15 is 0 Å². The summed E-state index contributed by atoms with van der Waals surface area (Å²) in [4.78, 5) is 23.7. The second-order valence-electron chi connectivity index (χ2n) is 5.00. The summed E-state index contributed by atoms with van der Waals surface area (Å²) in [5.74, 6) is 0.111. The Labute approximate surface area is 121 Å². The van der Waals surface area contributed by atoms with Crippen molar-refractivity contribution in [1.29, 1.82) is 0 Å². The van der Waals surface area contributed by atoms with Crippen molar-refractivity contribution < 1.29 is 18.8 Å². The fourth-order valence-electron chi connectivity index (χ4n) is 2.40. The molecule has 1 amide bonds. The maximum Gasteiger partial charge on any atom is 0.311 e. The van der Waals surface area contributed by atoms with Crippen molar-refractivity contribution in [2.24, 2.45) is 0 Å². The van der Waals surface area contributed by atoms with Gasteiger partial charge in [0, 0.05) is 18.4 Å². The number of carbonyl (C=O) groups excluding carboxylic acids is 2. The normalized spacial score (nSPS) is 17.0. The molecule has 21 heavy (non-hydrogen) atoms. The largest absolute Gasteiger partial charge is 0.426 e. The highest BCUT2D eigenvalue weighted by atomic mass is 16.5. The topological polar surface area (TPSA) is 81.4 Å². The van der Waals surface area contributed by atoms with Crippen LogP contribution in [0.3, 0.4) is 0 Å². The van der Waals surface area contributed by atoms with Crippen LogP contribution in [-0.4, -0.2) is 17.0 Å². The van der Waals surface area contributed by atoms with Gasteiger partial charge in [-0.1, -0.05) is 23.4 Å². The van der Waals surface area contributed by atoms with Crippen molar-refractivity contribution in [2.45, 2.75) is 25.7 Å². The average Bonchev–Trinajstić information content (AvgIpc) is 2.83. The number of fused-ring (bicyclic) bond motifs is 1. The number of hydrogen-bond acceptors (Lipinski definition) is 5. The van der Waals surface area contributed by atoms with Gasteiger partial charge in [0.15, 0.2) is 0 Å². The summed E-state index contributed by atoms with van der Waals surface area (Å²) in [5, 5.41) is 6.34. The molecule has 0 saturated heterocycles. The van der Waals surface area contributed by atoms with Crippen molar-refractivity contribution >= 4 is 17.8 Å². The molecule has 0 aliphatic carbocycles. The molecular formula is C15H14N2O4. The number of aromatic nitrogens is 1. The molecule has 1 aliphatic heterocycles. The van der Waals surface area contributed by atoms with Crippen LogP contribution in [0.25, 0.3) is 0 Å². The summed E-state index contributed by atoms with van der Waals surface area (Å²) in [6.07, 6.45) is 0.381. The number of amides is 1. The first kappa shape index (κ1) is 13.4. The summed E-state index contributed by atoms with van der Waals surface area (Å²) in [7, 11) is 0. The molecule has 0 unspecified atom stereocenters. The quantitative estimate of drug-likeness (QED) is 0.692. The van der Waals surface area contributed by atoms with Gasteiger partial charge in [0.05, 0.1) is 12.1 Å². The molecule has 0 saturated carbocycles. The third-order valence-corrected chi connectivity index (χ3v) is 3.32. The number of aryl methyl sites for hydroxylation is 1. The first-order valence-corrected chi connectivity index (χ1v) is 6.64. The van der Waals surface area contributed by atoms with Gasteiger partial charge in [-0.3, -0.25) is 14.9 Å². The Kier molecular flexibility index (Phi) is 3.43. The van der Waals surface area contributed by atoms with Gasteiger partial charge in [0.2, 0.25) is 11.8 Å². The zero-order valence-corrected chi connectivity index (χ0v) is 11.5. The van der Waals surface area contributed by atoms with Gasteiger partial charge < -0.3 is 9.26 Å². The predicted molar refractivity (Wildman–Crippen MR) is 73.9 cm³/mol. The summed E-state index contributed by atoms with van der Waals surface area (Å²) >= 11 is 0. The van der Waals surface area contributed by atoms with Crippen molar-refractivity contribution in [1.82, 2.24) is 5.16 Å². The standard InChI is InChI=1S/C15H14N2O4/c1-9-6-14(21-17-9)16-13(18)7-10-8-15(19)20-12-5-3-2-4-11(10)12/h2-6,10H,7-8H2,1H3,(H,16,18)/t10-/m1/s1. The van der Waals surface area contributed by atoms with Gasteiger partial charge in [0.1, 0.15) is 5.75 Å². The maximum atomic E-state index is 12.1. The fourth-order valence-corrected chi connectivity index (χ4v) is 2.40. The third kappa shape index (κ3) is 2.94. The van der Waals surface area contributed by atoms with E-state index in [-0.39, 0.29) is 30.6 Å². The van der Waals surface area contributed by atoms with Crippen molar-refractivity contribution in [3.8, 4) is 5.75 Å². The van der Waals surface area contributed by atoms with Gasteiger partial charge in [0.25, 0.3) is 0 Å². The molecule has 6 heteroatoms. The molecule has 1 atom stereocenters. The molecule has 1 aliphatic rings. The van der Waals surface area contributed by atoms with E-state index in [2.05, 4.69) is 10.5 Å². The molecular weight excluding hydrogens is 272 g/mol. The predicted octanol–water partition coefficient (Wildman–Crippen LogP) is 2.40. The zero-order chi connectivity index (χ0) is 14.8. The lowest BCUT2D eigenvalue weighted by Crippen LogP contribution is -2.24. The number of esters is 1. The molecule has 0 bridgehead atoms. The van der Waals surface area contributed by atoms with Crippen LogP contribution in [0.4, 0.5) is 5.88 Å². The highest BCUT2D eigenvalue weighted by Crippen LogP contribution is 2.36. The molecule has 1 N–H and O–H groups in total. The second kappa shape index (κ2) is 5.40. The number of nitrogens with one attached hydrogen (secondary N) is 1. The van der Waals surface area contributed by atoms with E-state index in [4.69, 9.17) is 9.26 Å². The average molecular weight is 286 g/mol. The van der Waals surface area contributed by atoms with Crippen LogP contribution in [0.1, 0.15) is 30.0 Å². The van der Waals surface area contributed by atoms with Crippen LogP contribution >= 0.6 is 0 Å². The van der Waals surface area contributed by atoms with Crippen LogP contribution in [0.2, 0.25) is 0 Å². The van der Waals surface area contributed by atoms with Crippen LogP contribution < -0.4 is 10.1 Å². The molecule has 1 aromatic heterocycles. The lowest BCUT2D eigenvalue weighted by atomic mass is 9.90. The number of rotatable bonds is 3. The van der Waals surface area contributed by atoms with Crippen molar-refractivity contribution in [2.75, 3.05) is 5.32 Å². The monoisotopic (exact) mass is 286 g/mol. The summed E-state index contributed by atoms with van der Waals surface area (Å²) in [5.41, 5.74) is 1.57. The number of carbonyl (C=O) groups is 2. The molecule has 0 fully saturated rings. The number of para-hydroxylation sites is 1. The van der Waals surface area contributed by atoms with E-state index < -0.39 is 0 Å². The fraction of sp³-hybridized carbons (Fsp3) is 0.267. The molecule has 0 radical (unpaired) electrons. The molecule has 108 valence electrons. The van der Waals surface area contributed by atoms with Gasteiger partial charge in [-0.05, 0) is 18.6 Å². The lowest BCUT2D eigenvalue weighted by molar-refractivity contribution is -0.136. The Morgan fingerprint density at radius 3 is 3.00 bits per heavy atom. The minimum absolute atomic E-state index is 0.186. The molecule has 0 spiro atoms. The van der Waals surface area contributed by atoms with Crippen LogP contribution in [-0.2, 0) is 9.59 Å². The minimum Gasteiger partial charge on any atom is -0.426 e. The number of ether oxygens (including phenoxy) is 1. The molecule has 2 heterocycles.